The first kappa shape index (κ1) is 18.3. The van der Waals surface area contributed by atoms with Crippen LogP contribution in [-0.2, 0) is 11.3 Å². The van der Waals surface area contributed by atoms with Crippen molar-refractivity contribution in [3.05, 3.63) is 35.6 Å². The lowest BCUT2D eigenvalue weighted by atomic mass is 9.90. The van der Waals surface area contributed by atoms with Gasteiger partial charge in [-0.2, -0.15) is 0 Å². The topological polar surface area (TPSA) is 52.6 Å². The standard InChI is InChI=1S/C20H29FN2O2/c21-18-11-6-5-8-16(18)14-23-13-7-12-20(25,19(23)24)15-22-17-9-3-1-2-4-10-17/h5-6,8,11,17,22,25H,1-4,7,9-10,12-15H2/t20-/m1/s1. The summed E-state index contributed by atoms with van der Waals surface area (Å²) in [7, 11) is 0. The number of aliphatic hydroxyl groups is 1. The molecule has 1 saturated carbocycles. The van der Waals surface area contributed by atoms with Crippen LogP contribution in [0.2, 0.25) is 0 Å². The number of nitrogens with one attached hydrogen (secondary N) is 1. The van der Waals surface area contributed by atoms with Crippen molar-refractivity contribution in [1.29, 1.82) is 0 Å². The van der Waals surface area contributed by atoms with Gasteiger partial charge in [-0.3, -0.25) is 4.79 Å². The van der Waals surface area contributed by atoms with E-state index >= 15 is 0 Å². The van der Waals surface area contributed by atoms with Crippen LogP contribution < -0.4 is 5.32 Å². The third-order valence-electron chi connectivity index (χ3n) is 5.56. The van der Waals surface area contributed by atoms with E-state index in [1.807, 2.05) is 0 Å². The van der Waals surface area contributed by atoms with Gasteiger partial charge in [0.05, 0.1) is 0 Å². The zero-order chi connectivity index (χ0) is 17.7. The van der Waals surface area contributed by atoms with E-state index in [-0.39, 0.29) is 18.3 Å². The molecule has 1 aliphatic heterocycles. The lowest BCUT2D eigenvalue weighted by Crippen LogP contribution is -2.58. The fraction of sp³-hybridized carbons (Fsp3) is 0.650. The van der Waals surface area contributed by atoms with Crippen LogP contribution in [0.15, 0.2) is 24.3 Å². The Morgan fingerprint density at radius 3 is 2.60 bits per heavy atom. The first-order chi connectivity index (χ1) is 12.1. The number of piperidine rings is 1. The van der Waals surface area contributed by atoms with Gasteiger partial charge in [0.1, 0.15) is 5.82 Å². The molecule has 0 radical (unpaired) electrons. The Labute approximate surface area is 149 Å². The molecule has 1 aliphatic carbocycles. The van der Waals surface area contributed by atoms with Gasteiger partial charge in [-0.25, -0.2) is 4.39 Å². The first-order valence-corrected chi connectivity index (χ1v) is 9.57. The number of hydrogen-bond acceptors (Lipinski definition) is 3. The SMILES string of the molecule is O=C1N(Cc2ccccc2F)CCC[C@@]1(O)CNC1CCCCCC1. The van der Waals surface area contributed by atoms with Crippen LogP contribution in [0, 0.1) is 5.82 Å². The third kappa shape index (κ3) is 4.59. The largest absolute Gasteiger partial charge is 0.379 e. The maximum absolute atomic E-state index is 13.9. The van der Waals surface area contributed by atoms with Gasteiger partial charge in [0.2, 0.25) is 0 Å². The second-order valence-electron chi connectivity index (χ2n) is 7.52. The number of hydrogen-bond donors (Lipinski definition) is 2. The molecule has 1 heterocycles. The van der Waals surface area contributed by atoms with Crippen LogP contribution in [0.5, 0.6) is 0 Å². The Balaban J connectivity index is 1.61. The Morgan fingerprint density at radius 2 is 1.88 bits per heavy atom. The van der Waals surface area contributed by atoms with E-state index in [0.29, 0.717) is 31.1 Å². The van der Waals surface area contributed by atoms with Crippen LogP contribution >= 0.6 is 0 Å². The molecular formula is C20H29FN2O2. The van der Waals surface area contributed by atoms with Crippen LogP contribution in [0.3, 0.4) is 0 Å². The zero-order valence-electron chi connectivity index (χ0n) is 14.8. The van der Waals surface area contributed by atoms with Gasteiger partial charge in [-0.15, -0.1) is 0 Å². The fourth-order valence-corrected chi connectivity index (χ4v) is 4.01. The summed E-state index contributed by atoms with van der Waals surface area (Å²) in [6.45, 7) is 1.08. The Hall–Kier alpha value is -1.46. The van der Waals surface area contributed by atoms with E-state index in [9.17, 15) is 14.3 Å². The van der Waals surface area contributed by atoms with Crippen molar-refractivity contribution in [3.63, 3.8) is 0 Å². The highest BCUT2D eigenvalue weighted by Gasteiger charge is 2.42. The van der Waals surface area contributed by atoms with Gasteiger partial charge in [0, 0.05) is 31.2 Å². The highest BCUT2D eigenvalue weighted by molar-refractivity contribution is 5.86. The van der Waals surface area contributed by atoms with Crippen LogP contribution in [0.25, 0.3) is 0 Å². The maximum Gasteiger partial charge on any atom is 0.256 e. The first-order valence-electron chi connectivity index (χ1n) is 9.57. The molecule has 25 heavy (non-hydrogen) atoms. The molecule has 2 aliphatic rings. The average Bonchev–Trinajstić information content (AvgIpc) is 2.88. The predicted octanol–water partition coefficient (Wildman–Crippen LogP) is 2.99. The molecule has 0 spiro atoms. The molecule has 1 aromatic rings. The molecule has 1 saturated heterocycles. The number of carbonyl (C=O) groups is 1. The normalized spacial score (nSPS) is 25.8. The summed E-state index contributed by atoms with van der Waals surface area (Å²) in [6.07, 6.45) is 8.41. The van der Waals surface area contributed by atoms with E-state index in [1.54, 1.807) is 23.1 Å². The second kappa shape index (κ2) is 8.28. The number of benzene rings is 1. The summed E-state index contributed by atoms with van der Waals surface area (Å²) in [4.78, 5) is 14.4. The molecule has 3 rings (SSSR count). The number of carbonyl (C=O) groups excluding carboxylic acids is 1. The Morgan fingerprint density at radius 1 is 1.16 bits per heavy atom. The number of likely N-dealkylation sites (tertiary alicyclic amines) is 1. The summed E-state index contributed by atoms with van der Waals surface area (Å²) in [5.74, 6) is -0.580. The van der Waals surface area contributed by atoms with E-state index in [0.717, 1.165) is 19.3 Å². The van der Waals surface area contributed by atoms with E-state index in [2.05, 4.69) is 5.32 Å². The number of halogens is 1. The van der Waals surface area contributed by atoms with Gasteiger partial charge >= 0.3 is 0 Å². The highest BCUT2D eigenvalue weighted by Crippen LogP contribution is 2.25. The van der Waals surface area contributed by atoms with Crippen LogP contribution in [0.1, 0.15) is 56.9 Å². The molecule has 1 atom stereocenters. The van der Waals surface area contributed by atoms with Crippen LogP contribution in [0.4, 0.5) is 4.39 Å². The molecule has 0 unspecified atom stereocenters. The lowest BCUT2D eigenvalue weighted by Gasteiger charge is -2.39. The smallest absolute Gasteiger partial charge is 0.256 e. The third-order valence-corrected chi connectivity index (χ3v) is 5.56. The molecule has 0 bridgehead atoms. The molecular weight excluding hydrogens is 319 g/mol. The number of amides is 1. The van der Waals surface area contributed by atoms with E-state index < -0.39 is 5.60 Å². The zero-order valence-corrected chi connectivity index (χ0v) is 14.8. The van der Waals surface area contributed by atoms with Gasteiger partial charge in [-0.1, -0.05) is 43.9 Å². The maximum atomic E-state index is 13.9. The quantitative estimate of drug-likeness (QED) is 0.805. The monoisotopic (exact) mass is 348 g/mol. The second-order valence-corrected chi connectivity index (χ2v) is 7.52. The summed E-state index contributed by atoms with van der Waals surface area (Å²) in [5, 5.41) is 14.3. The van der Waals surface area contributed by atoms with Gasteiger partial charge in [0.25, 0.3) is 5.91 Å². The van der Waals surface area contributed by atoms with Gasteiger partial charge < -0.3 is 15.3 Å². The van der Waals surface area contributed by atoms with E-state index in [4.69, 9.17) is 0 Å². The number of nitrogens with zero attached hydrogens (tertiary/aromatic N) is 1. The van der Waals surface area contributed by atoms with Crippen molar-refractivity contribution in [3.8, 4) is 0 Å². The predicted molar refractivity (Wildman–Crippen MR) is 95.5 cm³/mol. The Kier molecular flexibility index (Phi) is 6.07. The minimum Gasteiger partial charge on any atom is -0.379 e. The molecule has 4 nitrogen and oxygen atoms in total. The highest BCUT2D eigenvalue weighted by atomic mass is 19.1. The van der Waals surface area contributed by atoms with E-state index in [1.165, 1.54) is 31.7 Å². The van der Waals surface area contributed by atoms with Gasteiger partial charge in [0.15, 0.2) is 5.60 Å². The number of rotatable bonds is 5. The van der Waals surface area contributed by atoms with Crippen molar-refractivity contribution in [2.24, 2.45) is 0 Å². The fourth-order valence-electron chi connectivity index (χ4n) is 4.01. The molecule has 1 aromatic carbocycles. The van der Waals surface area contributed by atoms with Crippen molar-refractivity contribution >= 4 is 5.91 Å². The Bertz CT molecular complexity index is 587. The average molecular weight is 348 g/mol. The summed E-state index contributed by atoms with van der Waals surface area (Å²) < 4.78 is 13.9. The van der Waals surface area contributed by atoms with Crippen LogP contribution in [-0.4, -0.2) is 40.6 Å². The van der Waals surface area contributed by atoms with Gasteiger partial charge in [-0.05, 0) is 31.7 Å². The summed E-state index contributed by atoms with van der Waals surface area (Å²) in [5.41, 5.74) is -0.868. The molecule has 2 N–H and O–H groups in total. The lowest BCUT2D eigenvalue weighted by molar-refractivity contribution is -0.157. The molecule has 0 aromatic heterocycles. The van der Waals surface area contributed by atoms with Crippen molar-refractivity contribution < 1.29 is 14.3 Å². The van der Waals surface area contributed by atoms with Crippen molar-refractivity contribution in [2.45, 2.75) is 69.6 Å². The van der Waals surface area contributed by atoms with Crippen molar-refractivity contribution in [2.75, 3.05) is 13.1 Å². The summed E-state index contributed by atoms with van der Waals surface area (Å²) in [6, 6.07) is 6.90. The van der Waals surface area contributed by atoms with Crippen molar-refractivity contribution in [1.82, 2.24) is 10.2 Å². The minimum absolute atomic E-state index is 0.219. The summed E-state index contributed by atoms with van der Waals surface area (Å²) >= 11 is 0. The molecule has 1 amide bonds. The molecule has 2 fully saturated rings. The molecule has 138 valence electrons. The minimum atomic E-state index is -1.37. The molecule has 5 heteroatoms.